The molecule has 1 saturated heterocycles. The van der Waals surface area contributed by atoms with Gasteiger partial charge in [-0.1, -0.05) is 29.8 Å². The third-order valence-electron chi connectivity index (χ3n) is 5.25. The largest absolute Gasteiger partial charge is 0.335 e. The van der Waals surface area contributed by atoms with Crippen LogP contribution >= 0.6 is 11.6 Å². The Bertz CT molecular complexity index is 1000. The minimum Gasteiger partial charge on any atom is -0.335 e. The van der Waals surface area contributed by atoms with E-state index in [-0.39, 0.29) is 5.91 Å². The molecule has 0 atom stereocenters. The van der Waals surface area contributed by atoms with Crippen LogP contribution in [0.5, 0.6) is 0 Å². The first-order chi connectivity index (χ1) is 14.0. The van der Waals surface area contributed by atoms with Crippen molar-refractivity contribution in [3.8, 4) is 0 Å². The van der Waals surface area contributed by atoms with Gasteiger partial charge >= 0.3 is 0 Å². The third-order valence-corrected chi connectivity index (χ3v) is 5.62. The molecule has 1 aliphatic rings. The fourth-order valence-corrected chi connectivity index (χ4v) is 3.84. The average Bonchev–Trinajstić information content (AvgIpc) is 3.30. The SMILES string of the molecule is Cc1cc(C)n(Cn2ccc(C(=O)N3CCN(Cc4ccccc4Cl)CC3)n2)n1. The van der Waals surface area contributed by atoms with Crippen molar-refractivity contribution in [1.29, 1.82) is 0 Å². The highest BCUT2D eigenvalue weighted by molar-refractivity contribution is 6.31. The summed E-state index contributed by atoms with van der Waals surface area (Å²) in [5.74, 6) is -0.0190. The number of carbonyl (C=O) groups is 1. The monoisotopic (exact) mass is 412 g/mol. The van der Waals surface area contributed by atoms with Gasteiger partial charge in [-0.2, -0.15) is 10.2 Å². The van der Waals surface area contributed by atoms with Crippen LogP contribution in [0.25, 0.3) is 0 Å². The maximum absolute atomic E-state index is 12.8. The minimum atomic E-state index is -0.0190. The molecule has 0 unspecified atom stereocenters. The molecule has 0 aliphatic carbocycles. The zero-order valence-electron chi connectivity index (χ0n) is 16.8. The summed E-state index contributed by atoms with van der Waals surface area (Å²) in [7, 11) is 0. The van der Waals surface area contributed by atoms with Crippen molar-refractivity contribution in [1.82, 2.24) is 29.4 Å². The van der Waals surface area contributed by atoms with Crippen molar-refractivity contribution in [2.45, 2.75) is 27.1 Å². The number of aromatic nitrogens is 4. The molecule has 1 amide bonds. The number of benzene rings is 1. The van der Waals surface area contributed by atoms with E-state index < -0.39 is 0 Å². The van der Waals surface area contributed by atoms with Crippen LogP contribution in [0.4, 0.5) is 0 Å². The van der Waals surface area contributed by atoms with Gasteiger partial charge in [0.1, 0.15) is 12.4 Å². The number of aryl methyl sites for hydroxylation is 2. The summed E-state index contributed by atoms with van der Waals surface area (Å²) in [5, 5.41) is 9.70. The second-order valence-electron chi connectivity index (χ2n) is 7.47. The van der Waals surface area contributed by atoms with Gasteiger partial charge in [-0.3, -0.25) is 14.4 Å². The molecule has 2 aromatic heterocycles. The number of piperazine rings is 1. The highest BCUT2D eigenvalue weighted by Gasteiger charge is 2.24. The standard InChI is InChI=1S/C21H25ClN6O/c1-16-13-17(2)28(23-16)15-27-8-7-20(24-27)21(29)26-11-9-25(10-12-26)14-18-5-3-4-6-19(18)22/h3-8,13H,9-12,14-15H2,1-2H3. The predicted molar refractivity (Wildman–Crippen MR) is 112 cm³/mol. The lowest BCUT2D eigenvalue weighted by molar-refractivity contribution is 0.0621. The zero-order chi connectivity index (χ0) is 20.4. The van der Waals surface area contributed by atoms with Crippen LogP contribution < -0.4 is 0 Å². The summed E-state index contributed by atoms with van der Waals surface area (Å²) < 4.78 is 3.63. The molecule has 3 heterocycles. The quantitative estimate of drug-likeness (QED) is 0.646. The van der Waals surface area contributed by atoms with Crippen LogP contribution in [0.15, 0.2) is 42.6 Å². The van der Waals surface area contributed by atoms with Crippen molar-refractivity contribution in [2.75, 3.05) is 26.2 Å². The maximum atomic E-state index is 12.8. The second-order valence-corrected chi connectivity index (χ2v) is 7.88. The third kappa shape index (κ3) is 4.52. The fourth-order valence-electron chi connectivity index (χ4n) is 3.65. The Morgan fingerprint density at radius 2 is 1.83 bits per heavy atom. The maximum Gasteiger partial charge on any atom is 0.274 e. The average molecular weight is 413 g/mol. The van der Waals surface area contributed by atoms with Gasteiger partial charge in [-0.25, -0.2) is 4.68 Å². The number of nitrogens with zero attached hydrogens (tertiary/aromatic N) is 6. The Morgan fingerprint density at radius 3 is 2.52 bits per heavy atom. The van der Waals surface area contributed by atoms with E-state index in [1.807, 2.05) is 53.9 Å². The smallest absolute Gasteiger partial charge is 0.274 e. The lowest BCUT2D eigenvalue weighted by atomic mass is 10.2. The van der Waals surface area contributed by atoms with Gasteiger partial charge in [0.25, 0.3) is 5.91 Å². The summed E-state index contributed by atoms with van der Waals surface area (Å²) in [5.41, 5.74) is 3.64. The first kappa shape index (κ1) is 19.7. The molecular formula is C21H25ClN6O. The normalized spacial score (nSPS) is 15.1. The summed E-state index contributed by atoms with van der Waals surface area (Å²) >= 11 is 6.27. The molecule has 0 spiro atoms. The van der Waals surface area contributed by atoms with Gasteiger partial charge in [0, 0.05) is 49.6 Å². The van der Waals surface area contributed by atoms with Gasteiger partial charge in [-0.15, -0.1) is 0 Å². The van der Waals surface area contributed by atoms with E-state index in [1.54, 1.807) is 10.7 Å². The number of halogens is 1. The molecule has 4 rings (SSSR count). The van der Waals surface area contributed by atoms with E-state index in [0.717, 1.165) is 41.6 Å². The van der Waals surface area contributed by atoms with Crippen LogP contribution in [-0.2, 0) is 13.2 Å². The van der Waals surface area contributed by atoms with Crippen molar-refractivity contribution >= 4 is 17.5 Å². The van der Waals surface area contributed by atoms with E-state index >= 15 is 0 Å². The lowest BCUT2D eigenvalue weighted by Gasteiger charge is -2.34. The zero-order valence-corrected chi connectivity index (χ0v) is 17.5. The molecule has 0 saturated carbocycles. The van der Waals surface area contributed by atoms with Gasteiger partial charge in [-0.05, 0) is 37.6 Å². The summed E-state index contributed by atoms with van der Waals surface area (Å²) in [6.45, 7) is 8.30. The summed E-state index contributed by atoms with van der Waals surface area (Å²) in [6.07, 6.45) is 1.83. The first-order valence-corrected chi connectivity index (χ1v) is 10.2. The van der Waals surface area contributed by atoms with E-state index in [0.29, 0.717) is 25.5 Å². The Labute approximate surface area is 175 Å². The van der Waals surface area contributed by atoms with Crippen molar-refractivity contribution in [3.63, 3.8) is 0 Å². The van der Waals surface area contributed by atoms with Crippen molar-refractivity contribution in [3.05, 3.63) is 70.3 Å². The topological polar surface area (TPSA) is 59.2 Å². The van der Waals surface area contributed by atoms with Crippen LogP contribution in [0, 0.1) is 13.8 Å². The number of carbonyl (C=O) groups excluding carboxylic acids is 1. The van der Waals surface area contributed by atoms with Gasteiger partial charge < -0.3 is 4.90 Å². The second kappa shape index (κ2) is 8.39. The molecule has 0 bridgehead atoms. The summed E-state index contributed by atoms with van der Waals surface area (Å²) in [6, 6.07) is 11.7. The Hall–Kier alpha value is -2.64. The van der Waals surface area contributed by atoms with Gasteiger partial charge in [0.15, 0.2) is 0 Å². The van der Waals surface area contributed by atoms with Crippen LogP contribution in [0.3, 0.4) is 0 Å². The van der Waals surface area contributed by atoms with Crippen molar-refractivity contribution in [2.24, 2.45) is 0 Å². The highest BCUT2D eigenvalue weighted by Crippen LogP contribution is 2.18. The Kier molecular flexibility index (Phi) is 5.69. The molecule has 1 aromatic carbocycles. The van der Waals surface area contributed by atoms with E-state index in [1.165, 1.54) is 0 Å². The Balaban J connectivity index is 1.33. The molecule has 152 valence electrons. The molecule has 7 nitrogen and oxygen atoms in total. The van der Waals surface area contributed by atoms with Crippen LogP contribution in [0.2, 0.25) is 5.02 Å². The van der Waals surface area contributed by atoms with Gasteiger partial charge in [0.2, 0.25) is 0 Å². The summed E-state index contributed by atoms with van der Waals surface area (Å²) in [4.78, 5) is 17.0. The van der Waals surface area contributed by atoms with E-state index in [4.69, 9.17) is 11.6 Å². The minimum absolute atomic E-state index is 0.0190. The lowest BCUT2D eigenvalue weighted by Crippen LogP contribution is -2.48. The van der Waals surface area contributed by atoms with E-state index in [9.17, 15) is 4.79 Å². The molecule has 1 aliphatic heterocycles. The first-order valence-electron chi connectivity index (χ1n) is 9.79. The van der Waals surface area contributed by atoms with Gasteiger partial charge in [0.05, 0.1) is 5.69 Å². The number of amides is 1. The Morgan fingerprint density at radius 1 is 1.07 bits per heavy atom. The van der Waals surface area contributed by atoms with Crippen molar-refractivity contribution < 1.29 is 4.79 Å². The number of hydrogen-bond donors (Lipinski definition) is 0. The molecule has 29 heavy (non-hydrogen) atoms. The van der Waals surface area contributed by atoms with E-state index in [2.05, 4.69) is 21.2 Å². The molecule has 0 N–H and O–H groups in total. The molecule has 8 heteroatoms. The molecule has 3 aromatic rings. The molecular weight excluding hydrogens is 388 g/mol. The highest BCUT2D eigenvalue weighted by atomic mass is 35.5. The van der Waals surface area contributed by atoms with Crippen LogP contribution in [0.1, 0.15) is 27.4 Å². The number of hydrogen-bond acceptors (Lipinski definition) is 4. The number of rotatable bonds is 5. The van der Waals surface area contributed by atoms with Crippen LogP contribution in [-0.4, -0.2) is 61.4 Å². The molecule has 1 fully saturated rings. The molecule has 0 radical (unpaired) electrons. The fraction of sp³-hybridized carbons (Fsp3) is 0.381. The predicted octanol–water partition coefficient (Wildman–Crippen LogP) is 2.81.